The number of aliphatic hydroxyl groups excluding tert-OH is 1. The molecule has 0 aliphatic carbocycles. The Morgan fingerprint density at radius 3 is 2.24 bits per heavy atom. The molecule has 0 radical (unpaired) electrons. The maximum atomic E-state index is 10.7. The molecule has 0 unspecified atom stereocenters. The highest BCUT2D eigenvalue weighted by Gasteiger charge is 2.27. The number of aliphatic carboxylic acids is 2. The van der Waals surface area contributed by atoms with Gasteiger partial charge in [0.15, 0.2) is 6.10 Å². The van der Waals surface area contributed by atoms with Crippen LogP contribution in [0.15, 0.2) is 30.3 Å². The van der Waals surface area contributed by atoms with Crippen LogP contribution in [0.4, 0.5) is 0 Å². The topological polar surface area (TPSA) is 107 Å². The van der Waals surface area contributed by atoms with E-state index >= 15 is 0 Å². The van der Waals surface area contributed by atoms with E-state index in [2.05, 4.69) is 5.32 Å². The van der Waals surface area contributed by atoms with Gasteiger partial charge in [-0.3, -0.25) is 10.1 Å². The molecule has 17 heavy (non-hydrogen) atoms. The zero-order valence-corrected chi connectivity index (χ0v) is 8.91. The van der Waals surface area contributed by atoms with Gasteiger partial charge >= 0.3 is 11.9 Å². The van der Waals surface area contributed by atoms with Crippen LogP contribution in [0.3, 0.4) is 0 Å². The Hall–Kier alpha value is -1.92. The predicted molar refractivity (Wildman–Crippen MR) is 58.5 cm³/mol. The summed E-state index contributed by atoms with van der Waals surface area (Å²) in [5.74, 6) is -2.53. The van der Waals surface area contributed by atoms with Crippen LogP contribution in [0.5, 0.6) is 0 Å². The first-order valence-corrected chi connectivity index (χ1v) is 4.93. The van der Waals surface area contributed by atoms with E-state index < -0.39 is 30.6 Å². The number of hydrogen-bond donors (Lipinski definition) is 4. The fraction of sp³-hybridized carbons (Fsp3) is 0.273. The Morgan fingerprint density at radius 2 is 1.76 bits per heavy atom. The van der Waals surface area contributed by atoms with Crippen LogP contribution in [-0.4, -0.2) is 39.9 Å². The van der Waals surface area contributed by atoms with Gasteiger partial charge in [-0.15, -0.1) is 0 Å². The standard InChI is InChI=1S/C11H13NO5/c13-8(14)6-12-9(10(15)11(16)17)7-4-2-1-3-5-7/h1-5,9-10,12,15H,6H2,(H,13,14)(H,16,17)/t9-,10+/m1/s1. The summed E-state index contributed by atoms with van der Waals surface area (Å²) in [5.41, 5.74) is 0.517. The molecule has 4 N–H and O–H groups in total. The molecule has 0 bridgehead atoms. The van der Waals surface area contributed by atoms with Crippen LogP contribution in [0.25, 0.3) is 0 Å². The molecule has 0 spiro atoms. The maximum absolute atomic E-state index is 10.7. The van der Waals surface area contributed by atoms with Crippen LogP contribution in [0.1, 0.15) is 11.6 Å². The quantitative estimate of drug-likeness (QED) is 0.550. The molecule has 0 aliphatic rings. The van der Waals surface area contributed by atoms with Gasteiger partial charge in [-0.1, -0.05) is 30.3 Å². The van der Waals surface area contributed by atoms with Crippen LogP contribution in [0.2, 0.25) is 0 Å². The van der Waals surface area contributed by atoms with Crippen molar-refractivity contribution in [1.29, 1.82) is 0 Å². The molecule has 1 rings (SSSR count). The van der Waals surface area contributed by atoms with E-state index in [0.29, 0.717) is 5.56 Å². The summed E-state index contributed by atoms with van der Waals surface area (Å²) in [7, 11) is 0. The summed E-state index contributed by atoms with van der Waals surface area (Å²) >= 11 is 0. The van der Waals surface area contributed by atoms with Crippen molar-refractivity contribution in [3.63, 3.8) is 0 Å². The van der Waals surface area contributed by atoms with Crippen molar-refractivity contribution < 1.29 is 24.9 Å². The Kier molecular flexibility index (Phi) is 4.62. The second kappa shape index (κ2) is 5.97. The summed E-state index contributed by atoms with van der Waals surface area (Å²) in [6, 6.07) is 7.38. The van der Waals surface area contributed by atoms with Gasteiger partial charge in [-0.25, -0.2) is 4.79 Å². The first kappa shape index (κ1) is 13.1. The minimum absolute atomic E-state index is 0.427. The first-order valence-electron chi connectivity index (χ1n) is 4.93. The van der Waals surface area contributed by atoms with Crippen molar-refractivity contribution >= 4 is 11.9 Å². The number of carboxylic acids is 2. The summed E-state index contributed by atoms with van der Waals surface area (Å²) in [5, 5.41) is 29.3. The molecule has 0 saturated carbocycles. The molecule has 6 heteroatoms. The van der Waals surface area contributed by atoms with E-state index in [0.717, 1.165) is 0 Å². The highest BCUT2D eigenvalue weighted by molar-refractivity contribution is 5.74. The van der Waals surface area contributed by atoms with Crippen LogP contribution < -0.4 is 5.32 Å². The van der Waals surface area contributed by atoms with E-state index in [4.69, 9.17) is 10.2 Å². The van der Waals surface area contributed by atoms with Crippen LogP contribution in [0, 0.1) is 0 Å². The second-order valence-electron chi connectivity index (χ2n) is 3.45. The molecule has 2 atom stereocenters. The summed E-state index contributed by atoms with van der Waals surface area (Å²) in [6.45, 7) is -0.427. The number of rotatable bonds is 6. The van der Waals surface area contributed by atoms with Crippen molar-refractivity contribution in [2.45, 2.75) is 12.1 Å². The first-order chi connectivity index (χ1) is 8.02. The average Bonchev–Trinajstić information content (AvgIpc) is 2.30. The Bertz CT molecular complexity index is 392. The summed E-state index contributed by atoms with van der Waals surface area (Å²) in [6.07, 6.45) is -1.70. The van der Waals surface area contributed by atoms with Crippen molar-refractivity contribution in [3.05, 3.63) is 35.9 Å². The van der Waals surface area contributed by atoms with E-state index in [1.807, 2.05) is 0 Å². The molecular formula is C11H13NO5. The summed E-state index contributed by atoms with van der Waals surface area (Å²) < 4.78 is 0. The lowest BCUT2D eigenvalue weighted by molar-refractivity contribution is -0.149. The molecule has 1 aromatic rings. The van der Waals surface area contributed by atoms with Crippen molar-refractivity contribution in [2.24, 2.45) is 0 Å². The molecule has 1 aromatic carbocycles. The van der Waals surface area contributed by atoms with Gasteiger partial charge in [-0.2, -0.15) is 0 Å². The predicted octanol–water partition coefficient (Wildman–Crippen LogP) is -0.153. The van der Waals surface area contributed by atoms with Crippen molar-refractivity contribution in [2.75, 3.05) is 6.54 Å². The van der Waals surface area contributed by atoms with Crippen LogP contribution in [-0.2, 0) is 9.59 Å². The zero-order valence-electron chi connectivity index (χ0n) is 8.91. The molecule has 0 fully saturated rings. The largest absolute Gasteiger partial charge is 0.480 e. The van der Waals surface area contributed by atoms with E-state index in [1.54, 1.807) is 30.3 Å². The number of aliphatic hydroxyl groups is 1. The number of benzene rings is 1. The third kappa shape index (κ3) is 3.86. The fourth-order valence-corrected chi connectivity index (χ4v) is 1.41. The second-order valence-corrected chi connectivity index (χ2v) is 3.45. The fourth-order valence-electron chi connectivity index (χ4n) is 1.41. The van der Waals surface area contributed by atoms with Gasteiger partial charge in [0.2, 0.25) is 0 Å². The highest BCUT2D eigenvalue weighted by Crippen LogP contribution is 2.16. The maximum Gasteiger partial charge on any atom is 0.334 e. The molecule has 0 amide bonds. The van der Waals surface area contributed by atoms with Gasteiger partial charge in [0.1, 0.15) is 0 Å². The van der Waals surface area contributed by atoms with Crippen LogP contribution >= 0.6 is 0 Å². The zero-order chi connectivity index (χ0) is 12.8. The third-order valence-corrected chi connectivity index (χ3v) is 2.20. The Morgan fingerprint density at radius 1 is 1.18 bits per heavy atom. The summed E-state index contributed by atoms with van der Waals surface area (Å²) in [4.78, 5) is 21.2. The third-order valence-electron chi connectivity index (χ3n) is 2.20. The molecular weight excluding hydrogens is 226 g/mol. The number of hydrogen-bond acceptors (Lipinski definition) is 4. The molecule has 0 heterocycles. The Balaban J connectivity index is 2.86. The lowest BCUT2D eigenvalue weighted by Crippen LogP contribution is -2.39. The minimum atomic E-state index is -1.70. The number of nitrogens with one attached hydrogen (secondary N) is 1. The van der Waals surface area contributed by atoms with Gasteiger partial charge in [0.25, 0.3) is 0 Å². The molecule has 92 valence electrons. The molecule has 0 aliphatic heterocycles. The number of carboxylic acid groups (broad SMARTS) is 2. The number of carbonyl (C=O) groups is 2. The molecule has 0 saturated heterocycles. The van der Waals surface area contributed by atoms with Gasteiger partial charge < -0.3 is 15.3 Å². The monoisotopic (exact) mass is 239 g/mol. The average molecular weight is 239 g/mol. The lowest BCUT2D eigenvalue weighted by atomic mass is 10.0. The van der Waals surface area contributed by atoms with Gasteiger partial charge in [0.05, 0.1) is 12.6 Å². The van der Waals surface area contributed by atoms with E-state index in [9.17, 15) is 14.7 Å². The smallest absolute Gasteiger partial charge is 0.334 e. The van der Waals surface area contributed by atoms with Crippen molar-refractivity contribution in [3.8, 4) is 0 Å². The molecule has 0 aromatic heterocycles. The minimum Gasteiger partial charge on any atom is -0.480 e. The van der Waals surface area contributed by atoms with Gasteiger partial charge in [-0.05, 0) is 5.56 Å². The lowest BCUT2D eigenvalue weighted by Gasteiger charge is -2.20. The normalized spacial score (nSPS) is 13.9. The van der Waals surface area contributed by atoms with E-state index in [1.165, 1.54) is 0 Å². The van der Waals surface area contributed by atoms with Gasteiger partial charge in [0, 0.05) is 0 Å². The van der Waals surface area contributed by atoms with Crippen molar-refractivity contribution in [1.82, 2.24) is 5.32 Å². The SMILES string of the molecule is O=C(O)CN[C@H](c1ccccc1)[C@H](O)C(=O)O. The molecule has 6 nitrogen and oxygen atoms in total. The van der Waals surface area contributed by atoms with E-state index in [-0.39, 0.29) is 0 Å². The highest BCUT2D eigenvalue weighted by atomic mass is 16.4. The Labute approximate surface area is 97.5 Å².